The molecule has 1 aromatic heterocycles. The molecule has 0 spiro atoms. The van der Waals surface area contributed by atoms with Gasteiger partial charge in [0.1, 0.15) is 12.7 Å². The van der Waals surface area contributed by atoms with Gasteiger partial charge in [-0.15, -0.1) is 0 Å². The molecule has 0 aliphatic rings. The molecule has 3 rings (SSSR count). The van der Waals surface area contributed by atoms with Crippen molar-refractivity contribution in [2.24, 2.45) is 0 Å². The summed E-state index contributed by atoms with van der Waals surface area (Å²) in [6.45, 7) is 0.559. The first kappa shape index (κ1) is 15.5. The van der Waals surface area contributed by atoms with Gasteiger partial charge in [-0.3, -0.25) is 10.1 Å². The summed E-state index contributed by atoms with van der Waals surface area (Å²) in [6.07, 6.45) is 3.11. The van der Waals surface area contributed by atoms with Crippen LogP contribution in [0.15, 0.2) is 55.1 Å². The number of hydrogen-bond donors (Lipinski definition) is 1. The van der Waals surface area contributed by atoms with Crippen LogP contribution in [0.2, 0.25) is 0 Å². The number of nitrogens with one attached hydrogen (secondary N) is 1. The summed E-state index contributed by atoms with van der Waals surface area (Å²) < 4.78 is 6.75. The van der Waals surface area contributed by atoms with Crippen molar-refractivity contribution < 1.29 is 9.66 Å². The first-order valence-corrected chi connectivity index (χ1v) is 7.17. The Bertz CT molecular complexity index is 849. The highest BCUT2D eigenvalue weighted by Crippen LogP contribution is 2.29. The lowest BCUT2D eigenvalue weighted by molar-refractivity contribution is -0.385. The van der Waals surface area contributed by atoms with Crippen LogP contribution in [-0.2, 0) is 6.54 Å². The standard InChI is InChI=1S/C16H15N5O3/c1-24-16-8-13(5-6-15(16)21(22)23)18-9-12-3-2-4-14(7-12)20-11-17-10-19-20/h2-8,10-11,18H,9H2,1H3. The normalized spacial score (nSPS) is 10.4. The Hall–Kier alpha value is -3.42. The number of ether oxygens (including phenoxy) is 1. The highest BCUT2D eigenvalue weighted by molar-refractivity contribution is 5.58. The molecule has 0 saturated heterocycles. The van der Waals surface area contributed by atoms with Gasteiger partial charge in [-0.05, 0) is 23.8 Å². The molecule has 0 aliphatic heterocycles. The third-order valence-corrected chi connectivity index (χ3v) is 3.47. The van der Waals surface area contributed by atoms with Gasteiger partial charge in [-0.1, -0.05) is 12.1 Å². The number of aromatic nitrogens is 3. The van der Waals surface area contributed by atoms with E-state index >= 15 is 0 Å². The Labute approximate surface area is 137 Å². The molecule has 122 valence electrons. The maximum atomic E-state index is 10.9. The van der Waals surface area contributed by atoms with Crippen molar-refractivity contribution in [1.29, 1.82) is 0 Å². The average Bonchev–Trinajstić information content (AvgIpc) is 3.14. The summed E-state index contributed by atoms with van der Waals surface area (Å²) in [5.74, 6) is 0.223. The molecular formula is C16H15N5O3. The summed E-state index contributed by atoms with van der Waals surface area (Å²) in [4.78, 5) is 14.4. The molecule has 0 radical (unpaired) electrons. The minimum atomic E-state index is -0.468. The Morgan fingerprint density at radius 3 is 2.88 bits per heavy atom. The topological polar surface area (TPSA) is 95.1 Å². The number of nitrogens with zero attached hydrogens (tertiary/aromatic N) is 4. The fraction of sp³-hybridized carbons (Fsp3) is 0.125. The molecule has 8 heteroatoms. The molecule has 1 heterocycles. The molecule has 0 fully saturated rings. The maximum Gasteiger partial charge on any atom is 0.311 e. The van der Waals surface area contributed by atoms with Crippen molar-refractivity contribution in [3.8, 4) is 11.4 Å². The van der Waals surface area contributed by atoms with E-state index in [9.17, 15) is 10.1 Å². The van der Waals surface area contributed by atoms with Crippen LogP contribution in [0, 0.1) is 10.1 Å². The lowest BCUT2D eigenvalue weighted by atomic mass is 10.2. The molecule has 3 aromatic rings. The van der Waals surface area contributed by atoms with E-state index in [-0.39, 0.29) is 11.4 Å². The second-order valence-electron chi connectivity index (χ2n) is 5.01. The SMILES string of the molecule is COc1cc(NCc2cccc(-n3cncn3)c2)ccc1[N+](=O)[O-]. The van der Waals surface area contributed by atoms with Gasteiger partial charge in [0.05, 0.1) is 17.7 Å². The van der Waals surface area contributed by atoms with Crippen LogP contribution in [0.4, 0.5) is 11.4 Å². The van der Waals surface area contributed by atoms with Crippen LogP contribution >= 0.6 is 0 Å². The van der Waals surface area contributed by atoms with Crippen molar-refractivity contribution in [3.05, 3.63) is 70.8 Å². The van der Waals surface area contributed by atoms with Crippen molar-refractivity contribution in [1.82, 2.24) is 14.8 Å². The molecule has 24 heavy (non-hydrogen) atoms. The van der Waals surface area contributed by atoms with Gasteiger partial charge >= 0.3 is 5.69 Å². The molecule has 8 nitrogen and oxygen atoms in total. The summed E-state index contributed by atoms with van der Waals surface area (Å²) in [5, 5.41) is 18.2. The minimum absolute atomic E-state index is 0.0590. The summed E-state index contributed by atoms with van der Waals surface area (Å²) >= 11 is 0. The van der Waals surface area contributed by atoms with E-state index in [4.69, 9.17) is 4.74 Å². The van der Waals surface area contributed by atoms with Crippen molar-refractivity contribution in [3.63, 3.8) is 0 Å². The van der Waals surface area contributed by atoms with E-state index in [1.54, 1.807) is 23.1 Å². The minimum Gasteiger partial charge on any atom is -0.490 e. The van der Waals surface area contributed by atoms with Crippen molar-refractivity contribution in [2.75, 3.05) is 12.4 Å². The Kier molecular flexibility index (Phi) is 4.37. The summed E-state index contributed by atoms with van der Waals surface area (Å²) in [5.41, 5.74) is 2.63. The molecule has 0 aliphatic carbocycles. The van der Waals surface area contributed by atoms with Crippen LogP contribution in [0.5, 0.6) is 5.75 Å². The van der Waals surface area contributed by atoms with E-state index in [0.717, 1.165) is 16.9 Å². The molecular weight excluding hydrogens is 310 g/mol. The smallest absolute Gasteiger partial charge is 0.311 e. The second-order valence-corrected chi connectivity index (χ2v) is 5.01. The van der Waals surface area contributed by atoms with E-state index in [1.165, 1.54) is 19.5 Å². The number of nitro groups is 1. The molecule has 0 bridgehead atoms. The van der Waals surface area contributed by atoms with Gasteiger partial charge < -0.3 is 10.1 Å². The fourth-order valence-electron chi connectivity index (χ4n) is 2.29. The van der Waals surface area contributed by atoms with Gasteiger partial charge in [0.25, 0.3) is 0 Å². The molecule has 0 unspecified atom stereocenters. The number of methoxy groups -OCH3 is 1. The van der Waals surface area contributed by atoms with E-state index < -0.39 is 4.92 Å². The van der Waals surface area contributed by atoms with Gasteiger partial charge in [-0.25, -0.2) is 9.67 Å². The monoisotopic (exact) mass is 325 g/mol. The first-order valence-electron chi connectivity index (χ1n) is 7.17. The lowest BCUT2D eigenvalue weighted by Crippen LogP contribution is -2.02. The zero-order chi connectivity index (χ0) is 16.9. The quantitative estimate of drug-likeness (QED) is 0.553. The van der Waals surface area contributed by atoms with Gasteiger partial charge in [0, 0.05) is 24.4 Å². The number of anilines is 1. The Balaban J connectivity index is 1.74. The van der Waals surface area contributed by atoms with Crippen LogP contribution in [0.3, 0.4) is 0 Å². The summed E-state index contributed by atoms with van der Waals surface area (Å²) in [6, 6.07) is 12.5. The largest absolute Gasteiger partial charge is 0.490 e. The fourth-order valence-corrected chi connectivity index (χ4v) is 2.29. The Morgan fingerprint density at radius 2 is 2.17 bits per heavy atom. The number of nitro benzene ring substituents is 1. The van der Waals surface area contributed by atoms with Gasteiger partial charge in [0.2, 0.25) is 0 Å². The average molecular weight is 325 g/mol. The first-order chi connectivity index (χ1) is 11.7. The van der Waals surface area contributed by atoms with Crippen LogP contribution in [-0.4, -0.2) is 26.8 Å². The number of benzene rings is 2. The predicted molar refractivity (Wildman–Crippen MR) is 88.3 cm³/mol. The van der Waals surface area contributed by atoms with Crippen molar-refractivity contribution in [2.45, 2.75) is 6.54 Å². The highest BCUT2D eigenvalue weighted by atomic mass is 16.6. The molecule has 2 aromatic carbocycles. The Morgan fingerprint density at radius 1 is 1.29 bits per heavy atom. The van der Waals surface area contributed by atoms with Gasteiger partial charge in [-0.2, -0.15) is 5.10 Å². The second kappa shape index (κ2) is 6.78. The van der Waals surface area contributed by atoms with Gasteiger partial charge in [0.15, 0.2) is 5.75 Å². The van der Waals surface area contributed by atoms with Crippen LogP contribution in [0.25, 0.3) is 5.69 Å². The molecule has 0 atom stereocenters. The maximum absolute atomic E-state index is 10.9. The van der Waals surface area contributed by atoms with E-state index in [0.29, 0.717) is 6.54 Å². The predicted octanol–water partition coefficient (Wildman–Crippen LogP) is 2.80. The highest BCUT2D eigenvalue weighted by Gasteiger charge is 2.14. The zero-order valence-electron chi connectivity index (χ0n) is 12.9. The molecule has 1 N–H and O–H groups in total. The lowest BCUT2D eigenvalue weighted by Gasteiger charge is -2.10. The number of rotatable bonds is 6. The van der Waals surface area contributed by atoms with E-state index in [1.807, 2.05) is 24.3 Å². The zero-order valence-corrected chi connectivity index (χ0v) is 12.9. The summed E-state index contributed by atoms with van der Waals surface area (Å²) in [7, 11) is 1.41. The van der Waals surface area contributed by atoms with E-state index in [2.05, 4.69) is 15.4 Å². The number of hydrogen-bond acceptors (Lipinski definition) is 6. The van der Waals surface area contributed by atoms with Crippen LogP contribution in [0.1, 0.15) is 5.56 Å². The third kappa shape index (κ3) is 3.32. The van der Waals surface area contributed by atoms with Crippen molar-refractivity contribution >= 4 is 11.4 Å². The third-order valence-electron chi connectivity index (χ3n) is 3.47. The molecule has 0 saturated carbocycles. The molecule has 0 amide bonds. The van der Waals surface area contributed by atoms with Crippen LogP contribution < -0.4 is 10.1 Å².